The van der Waals surface area contributed by atoms with E-state index in [1.807, 2.05) is 47.4 Å². The number of allylic oxidation sites excluding steroid dienone is 3. The first-order valence-electron chi connectivity index (χ1n) is 10.0. The number of hydrogen-bond donors (Lipinski definition) is 0. The summed E-state index contributed by atoms with van der Waals surface area (Å²) in [4.78, 5) is 35.4. The van der Waals surface area contributed by atoms with Crippen molar-refractivity contribution in [1.82, 2.24) is 9.80 Å². The summed E-state index contributed by atoms with van der Waals surface area (Å²) >= 11 is 5.29. The second kappa shape index (κ2) is 8.79. The maximum absolute atomic E-state index is 12.7. The van der Waals surface area contributed by atoms with Crippen LogP contribution in [0, 0.1) is 5.92 Å². The molecule has 1 aromatic rings. The first-order valence-corrected chi connectivity index (χ1v) is 10.4. The van der Waals surface area contributed by atoms with E-state index in [0.717, 1.165) is 24.5 Å². The van der Waals surface area contributed by atoms with Crippen molar-refractivity contribution in [2.45, 2.75) is 6.42 Å². The van der Waals surface area contributed by atoms with Crippen LogP contribution in [-0.4, -0.2) is 72.3 Å². The Hall–Kier alpha value is -3.00. The van der Waals surface area contributed by atoms with Gasteiger partial charge in [-0.15, -0.1) is 0 Å². The van der Waals surface area contributed by atoms with Gasteiger partial charge in [-0.25, -0.2) is 4.99 Å². The number of ether oxygens (including phenoxy) is 1. The third-order valence-corrected chi connectivity index (χ3v) is 5.91. The minimum absolute atomic E-state index is 0.0270. The Kier molecular flexibility index (Phi) is 5.94. The van der Waals surface area contributed by atoms with Crippen LogP contribution in [0.15, 0.2) is 53.6 Å². The largest absolute Gasteiger partial charge is 0.495 e. The molecule has 2 heterocycles. The fraction of sp³-hybridized carbons (Fsp3) is 0.364. The number of amides is 2. The summed E-state index contributed by atoms with van der Waals surface area (Å²) in [6, 6.07) is 7.90. The lowest BCUT2D eigenvalue weighted by Crippen LogP contribution is -2.50. The minimum Gasteiger partial charge on any atom is -0.495 e. The molecule has 0 bridgehead atoms. The second-order valence-corrected chi connectivity index (χ2v) is 7.69. The number of piperazine rings is 1. The van der Waals surface area contributed by atoms with Gasteiger partial charge in [-0.1, -0.05) is 30.4 Å². The van der Waals surface area contributed by atoms with E-state index >= 15 is 0 Å². The molecule has 1 unspecified atom stereocenters. The SMILES string of the molecule is COc1ccccc1N1CCN(C(=O)CCN2C(=O)C3C=CC=CC3=NC2=S)CC1. The summed E-state index contributed by atoms with van der Waals surface area (Å²) in [6.07, 6.45) is 7.53. The predicted octanol–water partition coefficient (Wildman–Crippen LogP) is 2.04. The van der Waals surface area contributed by atoms with E-state index in [9.17, 15) is 9.59 Å². The van der Waals surface area contributed by atoms with E-state index in [4.69, 9.17) is 17.0 Å². The molecule has 3 aliphatic rings. The number of methoxy groups -OCH3 is 1. The van der Waals surface area contributed by atoms with Gasteiger partial charge in [0, 0.05) is 39.1 Å². The second-order valence-electron chi connectivity index (χ2n) is 7.32. The van der Waals surface area contributed by atoms with Crippen molar-refractivity contribution in [3.8, 4) is 5.75 Å². The monoisotopic (exact) mass is 424 g/mol. The van der Waals surface area contributed by atoms with Crippen LogP contribution in [0.3, 0.4) is 0 Å². The lowest BCUT2D eigenvalue weighted by molar-refractivity contribution is -0.133. The lowest BCUT2D eigenvalue weighted by Gasteiger charge is -2.37. The van der Waals surface area contributed by atoms with Crippen molar-refractivity contribution in [3.05, 3.63) is 48.6 Å². The topological polar surface area (TPSA) is 65.5 Å². The maximum Gasteiger partial charge on any atom is 0.241 e. The zero-order valence-corrected chi connectivity index (χ0v) is 17.7. The molecular weight excluding hydrogens is 400 g/mol. The molecule has 30 heavy (non-hydrogen) atoms. The third kappa shape index (κ3) is 4.00. The van der Waals surface area contributed by atoms with Crippen molar-refractivity contribution in [1.29, 1.82) is 0 Å². The fourth-order valence-electron chi connectivity index (χ4n) is 3.94. The molecule has 8 heteroatoms. The molecule has 0 aromatic heterocycles. The predicted molar refractivity (Wildman–Crippen MR) is 120 cm³/mol. The minimum atomic E-state index is -0.402. The molecule has 1 aromatic carbocycles. The summed E-state index contributed by atoms with van der Waals surface area (Å²) in [5.74, 6) is 0.348. The van der Waals surface area contributed by atoms with Crippen LogP contribution in [0.4, 0.5) is 5.69 Å². The van der Waals surface area contributed by atoms with Crippen molar-refractivity contribution in [2.75, 3.05) is 44.7 Å². The van der Waals surface area contributed by atoms with Gasteiger partial charge in [0.25, 0.3) is 0 Å². The Balaban J connectivity index is 1.32. The van der Waals surface area contributed by atoms with Gasteiger partial charge in [0.15, 0.2) is 0 Å². The quantitative estimate of drug-likeness (QED) is 0.677. The average molecular weight is 425 g/mol. The van der Waals surface area contributed by atoms with Crippen LogP contribution in [0.1, 0.15) is 6.42 Å². The van der Waals surface area contributed by atoms with Crippen molar-refractivity contribution in [3.63, 3.8) is 0 Å². The molecule has 0 spiro atoms. The fourth-order valence-corrected chi connectivity index (χ4v) is 4.23. The molecule has 7 nitrogen and oxygen atoms in total. The third-order valence-electron chi connectivity index (χ3n) is 5.60. The van der Waals surface area contributed by atoms with Gasteiger partial charge in [0.1, 0.15) is 5.75 Å². The molecule has 1 saturated heterocycles. The number of carbonyl (C=O) groups excluding carboxylic acids is 2. The number of fused-ring (bicyclic) bond motifs is 1. The molecule has 2 amide bonds. The standard InChI is InChI=1S/C22H24N4O3S/c1-29-19-9-5-4-8-18(19)24-12-14-25(15-13-24)20(27)10-11-26-21(28)16-6-2-3-7-17(16)23-22(26)30/h2-9,16H,10-15H2,1H3. The number of nitrogens with zero attached hydrogens (tertiary/aromatic N) is 4. The molecule has 0 saturated carbocycles. The van der Waals surface area contributed by atoms with Gasteiger partial charge in [-0.3, -0.25) is 14.5 Å². The van der Waals surface area contributed by atoms with E-state index in [2.05, 4.69) is 9.89 Å². The number of carbonyl (C=O) groups is 2. The van der Waals surface area contributed by atoms with E-state index in [1.54, 1.807) is 13.2 Å². The van der Waals surface area contributed by atoms with Gasteiger partial charge in [-0.2, -0.15) is 0 Å². The lowest BCUT2D eigenvalue weighted by atomic mass is 9.95. The summed E-state index contributed by atoms with van der Waals surface area (Å²) < 4.78 is 5.44. The van der Waals surface area contributed by atoms with Gasteiger partial charge in [-0.05, 0) is 30.4 Å². The number of anilines is 1. The highest BCUT2D eigenvalue weighted by molar-refractivity contribution is 7.80. The molecule has 1 atom stereocenters. The highest BCUT2D eigenvalue weighted by Crippen LogP contribution is 2.28. The van der Waals surface area contributed by atoms with E-state index < -0.39 is 5.92 Å². The highest BCUT2D eigenvalue weighted by Gasteiger charge is 2.34. The molecular formula is C22H24N4O3S. The molecule has 2 aliphatic heterocycles. The van der Waals surface area contributed by atoms with E-state index in [-0.39, 0.29) is 29.9 Å². The Bertz CT molecular complexity index is 947. The van der Waals surface area contributed by atoms with Crippen LogP contribution in [0.5, 0.6) is 5.75 Å². The number of aliphatic imine (C=N–C) groups is 1. The number of thiocarbonyl (C=S) groups is 1. The van der Waals surface area contributed by atoms with E-state index in [0.29, 0.717) is 18.8 Å². The van der Waals surface area contributed by atoms with Crippen LogP contribution in [0.2, 0.25) is 0 Å². The Morgan fingerprint density at radius 2 is 1.97 bits per heavy atom. The molecule has 1 fully saturated rings. The van der Waals surface area contributed by atoms with Gasteiger partial charge in [0.2, 0.25) is 16.9 Å². The zero-order chi connectivity index (χ0) is 21.1. The average Bonchev–Trinajstić information content (AvgIpc) is 2.79. The van der Waals surface area contributed by atoms with E-state index in [1.165, 1.54) is 4.90 Å². The van der Waals surface area contributed by atoms with Crippen molar-refractivity contribution < 1.29 is 14.3 Å². The first-order chi connectivity index (χ1) is 14.6. The summed E-state index contributed by atoms with van der Waals surface area (Å²) in [5, 5.41) is 0.236. The Morgan fingerprint density at radius 3 is 2.73 bits per heavy atom. The Morgan fingerprint density at radius 1 is 1.20 bits per heavy atom. The number of hydrogen-bond acceptors (Lipinski definition) is 5. The van der Waals surface area contributed by atoms with Crippen molar-refractivity contribution in [2.24, 2.45) is 10.9 Å². The number of para-hydroxylation sites is 2. The molecule has 4 rings (SSSR count). The van der Waals surface area contributed by atoms with Crippen LogP contribution < -0.4 is 9.64 Å². The number of benzene rings is 1. The summed E-state index contributed by atoms with van der Waals surface area (Å²) in [5.41, 5.74) is 1.71. The summed E-state index contributed by atoms with van der Waals surface area (Å²) in [6.45, 7) is 3.00. The Labute approximate surface area is 181 Å². The maximum atomic E-state index is 12.7. The van der Waals surface area contributed by atoms with Gasteiger partial charge >= 0.3 is 0 Å². The van der Waals surface area contributed by atoms with Crippen LogP contribution in [-0.2, 0) is 9.59 Å². The zero-order valence-electron chi connectivity index (χ0n) is 16.9. The summed E-state index contributed by atoms with van der Waals surface area (Å²) in [7, 11) is 1.66. The highest BCUT2D eigenvalue weighted by atomic mass is 32.1. The van der Waals surface area contributed by atoms with Gasteiger partial charge < -0.3 is 14.5 Å². The molecule has 0 radical (unpaired) electrons. The van der Waals surface area contributed by atoms with Crippen LogP contribution >= 0.6 is 12.2 Å². The molecule has 0 N–H and O–H groups in total. The number of rotatable bonds is 5. The molecule has 156 valence electrons. The smallest absolute Gasteiger partial charge is 0.241 e. The molecule has 1 aliphatic carbocycles. The normalized spacial score (nSPS) is 20.9. The first kappa shape index (κ1) is 20.3. The van der Waals surface area contributed by atoms with Crippen LogP contribution in [0.25, 0.3) is 0 Å². The van der Waals surface area contributed by atoms with Crippen molar-refractivity contribution >= 4 is 40.5 Å². The van der Waals surface area contributed by atoms with Gasteiger partial charge in [0.05, 0.1) is 24.4 Å².